The van der Waals surface area contributed by atoms with Crippen molar-refractivity contribution in [2.24, 2.45) is 5.41 Å². The van der Waals surface area contributed by atoms with Crippen LogP contribution in [0.25, 0.3) is 0 Å². The standard InChI is InChI=1S/C15H18ClNO/c1-11-9-12(16)5-6-13(11)14(18)15(10-17)7-3-2-4-8-15/h5-6,9,14,18H,2-4,7-8H2,1H3. The lowest BCUT2D eigenvalue weighted by Crippen LogP contribution is -2.30. The van der Waals surface area contributed by atoms with Gasteiger partial charge in [0.25, 0.3) is 0 Å². The van der Waals surface area contributed by atoms with Crippen LogP contribution in [0.1, 0.15) is 49.3 Å². The third-order valence-corrected chi connectivity index (χ3v) is 4.25. The van der Waals surface area contributed by atoms with E-state index in [1.165, 1.54) is 0 Å². The Morgan fingerprint density at radius 2 is 2.00 bits per heavy atom. The van der Waals surface area contributed by atoms with Gasteiger partial charge >= 0.3 is 0 Å². The minimum absolute atomic E-state index is 0.614. The van der Waals surface area contributed by atoms with Gasteiger partial charge in [0, 0.05) is 5.02 Å². The van der Waals surface area contributed by atoms with Crippen molar-refractivity contribution in [1.82, 2.24) is 0 Å². The molecule has 0 heterocycles. The number of aliphatic hydroxyl groups excluding tert-OH is 1. The maximum Gasteiger partial charge on any atom is 0.0978 e. The van der Waals surface area contributed by atoms with Crippen molar-refractivity contribution in [3.05, 3.63) is 34.3 Å². The summed E-state index contributed by atoms with van der Waals surface area (Å²) < 4.78 is 0. The van der Waals surface area contributed by atoms with E-state index in [2.05, 4.69) is 6.07 Å². The second-order valence-corrected chi connectivity index (χ2v) is 5.67. The molecule has 18 heavy (non-hydrogen) atoms. The summed E-state index contributed by atoms with van der Waals surface area (Å²) >= 11 is 5.93. The Morgan fingerprint density at radius 1 is 1.33 bits per heavy atom. The van der Waals surface area contributed by atoms with Gasteiger partial charge in [0.1, 0.15) is 0 Å². The molecule has 1 aliphatic rings. The third kappa shape index (κ3) is 2.39. The second kappa shape index (κ2) is 5.30. The summed E-state index contributed by atoms with van der Waals surface area (Å²) in [6.45, 7) is 1.93. The maximum atomic E-state index is 10.6. The zero-order chi connectivity index (χ0) is 13.2. The molecule has 1 fully saturated rings. The van der Waals surface area contributed by atoms with E-state index in [0.29, 0.717) is 5.02 Å². The Morgan fingerprint density at radius 3 is 2.56 bits per heavy atom. The number of hydrogen-bond acceptors (Lipinski definition) is 2. The first kappa shape index (κ1) is 13.4. The van der Waals surface area contributed by atoms with Gasteiger partial charge in [-0.25, -0.2) is 0 Å². The van der Waals surface area contributed by atoms with E-state index in [1.807, 2.05) is 19.1 Å². The highest BCUT2D eigenvalue weighted by atomic mass is 35.5. The average Bonchev–Trinajstić information content (AvgIpc) is 2.39. The average molecular weight is 264 g/mol. The van der Waals surface area contributed by atoms with Crippen LogP contribution in [0.3, 0.4) is 0 Å². The van der Waals surface area contributed by atoms with E-state index in [0.717, 1.165) is 43.2 Å². The smallest absolute Gasteiger partial charge is 0.0978 e. The van der Waals surface area contributed by atoms with Crippen molar-refractivity contribution in [3.63, 3.8) is 0 Å². The van der Waals surface area contributed by atoms with E-state index in [4.69, 9.17) is 11.6 Å². The van der Waals surface area contributed by atoms with Gasteiger partial charge in [0.05, 0.1) is 17.6 Å². The molecule has 1 unspecified atom stereocenters. The molecule has 1 atom stereocenters. The molecule has 0 bridgehead atoms. The van der Waals surface area contributed by atoms with Gasteiger partial charge in [-0.2, -0.15) is 5.26 Å². The van der Waals surface area contributed by atoms with E-state index in [-0.39, 0.29) is 0 Å². The van der Waals surface area contributed by atoms with Crippen molar-refractivity contribution >= 4 is 11.6 Å². The second-order valence-electron chi connectivity index (χ2n) is 5.23. The zero-order valence-electron chi connectivity index (χ0n) is 10.6. The molecule has 1 saturated carbocycles. The molecule has 96 valence electrons. The number of halogens is 1. The Labute approximate surface area is 113 Å². The van der Waals surface area contributed by atoms with Crippen LogP contribution in [0.5, 0.6) is 0 Å². The summed E-state index contributed by atoms with van der Waals surface area (Å²) in [5.41, 5.74) is 1.18. The van der Waals surface area contributed by atoms with E-state index >= 15 is 0 Å². The van der Waals surface area contributed by atoms with Crippen LogP contribution in [0, 0.1) is 23.7 Å². The Balaban J connectivity index is 2.34. The van der Waals surface area contributed by atoms with E-state index < -0.39 is 11.5 Å². The molecule has 0 aliphatic heterocycles. The molecule has 0 amide bonds. The molecule has 0 aromatic heterocycles. The molecular weight excluding hydrogens is 246 g/mol. The van der Waals surface area contributed by atoms with Gasteiger partial charge in [0.2, 0.25) is 0 Å². The van der Waals surface area contributed by atoms with Gasteiger partial charge in [0.15, 0.2) is 0 Å². The number of hydrogen-bond donors (Lipinski definition) is 1. The van der Waals surface area contributed by atoms with Crippen molar-refractivity contribution in [3.8, 4) is 6.07 Å². The van der Waals surface area contributed by atoms with Gasteiger partial charge < -0.3 is 5.11 Å². The highest BCUT2D eigenvalue weighted by molar-refractivity contribution is 6.30. The number of aliphatic hydroxyl groups is 1. The molecule has 0 radical (unpaired) electrons. The highest BCUT2D eigenvalue weighted by Crippen LogP contribution is 2.46. The topological polar surface area (TPSA) is 44.0 Å². The lowest BCUT2D eigenvalue weighted by molar-refractivity contribution is 0.0355. The molecule has 3 heteroatoms. The van der Waals surface area contributed by atoms with Gasteiger partial charge in [-0.3, -0.25) is 0 Å². The quantitative estimate of drug-likeness (QED) is 0.871. The van der Waals surface area contributed by atoms with Crippen LogP contribution in [0.4, 0.5) is 0 Å². The molecule has 1 aromatic rings. The van der Waals surface area contributed by atoms with Crippen LogP contribution in [-0.4, -0.2) is 5.11 Å². The van der Waals surface area contributed by atoms with Crippen LogP contribution >= 0.6 is 11.6 Å². The molecule has 1 N–H and O–H groups in total. The molecule has 2 rings (SSSR count). The monoisotopic (exact) mass is 263 g/mol. The van der Waals surface area contributed by atoms with E-state index in [1.54, 1.807) is 6.07 Å². The number of nitrogens with zero attached hydrogens (tertiary/aromatic N) is 1. The van der Waals surface area contributed by atoms with Crippen molar-refractivity contribution in [2.75, 3.05) is 0 Å². The van der Waals surface area contributed by atoms with Crippen LogP contribution in [-0.2, 0) is 0 Å². The summed E-state index contributed by atoms with van der Waals surface area (Å²) in [5, 5.41) is 20.7. The summed E-state index contributed by atoms with van der Waals surface area (Å²) in [6.07, 6.45) is 4.07. The first-order valence-corrected chi connectivity index (χ1v) is 6.82. The van der Waals surface area contributed by atoms with E-state index in [9.17, 15) is 10.4 Å². The number of aryl methyl sites for hydroxylation is 1. The Kier molecular flexibility index (Phi) is 3.94. The summed E-state index contributed by atoms with van der Waals surface area (Å²) in [6, 6.07) is 7.84. The minimum Gasteiger partial charge on any atom is -0.387 e. The molecule has 1 aliphatic carbocycles. The fraction of sp³-hybridized carbons (Fsp3) is 0.533. The van der Waals surface area contributed by atoms with Gasteiger partial charge in [-0.15, -0.1) is 0 Å². The predicted octanol–water partition coefficient (Wildman–Crippen LogP) is 4.16. The molecule has 1 aromatic carbocycles. The number of rotatable bonds is 2. The van der Waals surface area contributed by atoms with Crippen LogP contribution < -0.4 is 0 Å². The zero-order valence-corrected chi connectivity index (χ0v) is 11.4. The largest absolute Gasteiger partial charge is 0.387 e. The predicted molar refractivity (Wildman–Crippen MR) is 72.3 cm³/mol. The van der Waals surface area contributed by atoms with Crippen LogP contribution in [0.2, 0.25) is 5.02 Å². The molecule has 0 saturated heterocycles. The molecule has 0 spiro atoms. The van der Waals surface area contributed by atoms with Crippen molar-refractivity contribution < 1.29 is 5.11 Å². The Hall–Kier alpha value is -1.04. The summed E-state index contributed by atoms with van der Waals surface area (Å²) in [4.78, 5) is 0. The highest BCUT2D eigenvalue weighted by Gasteiger charge is 2.40. The molecular formula is C15H18ClNO. The third-order valence-electron chi connectivity index (χ3n) is 4.02. The molecule has 2 nitrogen and oxygen atoms in total. The minimum atomic E-state index is -0.708. The number of benzene rings is 1. The lowest BCUT2D eigenvalue weighted by Gasteiger charge is -2.35. The van der Waals surface area contributed by atoms with Gasteiger partial charge in [-0.05, 0) is 43.0 Å². The summed E-state index contributed by atoms with van der Waals surface area (Å²) in [7, 11) is 0. The van der Waals surface area contributed by atoms with Crippen molar-refractivity contribution in [1.29, 1.82) is 5.26 Å². The first-order valence-electron chi connectivity index (χ1n) is 6.44. The van der Waals surface area contributed by atoms with Gasteiger partial charge in [-0.1, -0.05) is 36.9 Å². The summed E-state index contributed by atoms with van der Waals surface area (Å²) in [5.74, 6) is 0. The van der Waals surface area contributed by atoms with Crippen molar-refractivity contribution in [2.45, 2.75) is 45.1 Å². The number of nitriles is 1. The Bertz CT molecular complexity index is 472. The fourth-order valence-electron chi connectivity index (χ4n) is 2.87. The SMILES string of the molecule is Cc1cc(Cl)ccc1C(O)C1(C#N)CCCCC1. The normalized spacial score (nSPS) is 20.1. The lowest BCUT2D eigenvalue weighted by atomic mass is 9.69. The first-order chi connectivity index (χ1) is 8.59. The fourth-order valence-corrected chi connectivity index (χ4v) is 3.10. The maximum absolute atomic E-state index is 10.6. The van der Waals surface area contributed by atoms with Crippen LogP contribution in [0.15, 0.2) is 18.2 Å².